The molecule has 0 aliphatic carbocycles. The number of rotatable bonds is 5. The lowest BCUT2D eigenvalue weighted by Gasteiger charge is -2.29. The Morgan fingerprint density at radius 2 is 2.04 bits per heavy atom. The number of urea groups is 1. The Bertz CT molecular complexity index is 694. The molecule has 2 heterocycles. The van der Waals surface area contributed by atoms with Crippen molar-refractivity contribution in [3.8, 4) is 11.3 Å². The standard InChI is InChI=1S/C18H24N4O3/c1-13-16(17(25-21-13)14-5-3-2-4-6-14)20-18(24)19-9-12-22-10-7-15(23)8-11-22/h2-6,15,23H,7-12H2,1H3,(H2,19,20,24). The molecule has 1 fully saturated rings. The van der Waals surface area contributed by atoms with Crippen molar-refractivity contribution in [2.45, 2.75) is 25.9 Å². The highest BCUT2D eigenvalue weighted by molar-refractivity contribution is 5.93. The van der Waals surface area contributed by atoms with Gasteiger partial charge in [0.15, 0.2) is 5.76 Å². The summed E-state index contributed by atoms with van der Waals surface area (Å²) in [6.07, 6.45) is 1.42. The summed E-state index contributed by atoms with van der Waals surface area (Å²) in [5.41, 5.74) is 2.09. The van der Waals surface area contributed by atoms with Crippen LogP contribution in [0.3, 0.4) is 0 Å². The number of aliphatic hydroxyl groups excluding tert-OH is 1. The molecule has 0 atom stereocenters. The van der Waals surface area contributed by atoms with Gasteiger partial charge >= 0.3 is 6.03 Å². The van der Waals surface area contributed by atoms with Crippen LogP contribution in [0.1, 0.15) is 18.5 Å². The molecular formula is C18H24N4O3. The van der Waals surface area contributed by atoms with Gasteiger partial charge in [0.25, 0.3) is 0 Å². The largest absolute Gasteiger partial charge is 0.393 e. The zero-order valence-corrected chi connectivity index (χ0v) is 14.4. The first-order valence-electron chi connectivity index (χ1n) is 8.60. The van der Waals surface area contributed by atoms with E-state index < -0.39 is 0 Å². The number of anilines is 1. The van der Waals surface area contributed by atoms with Gasteiger partial charge in [-0.2, -0.15) is 0 Å². The van der Waals surface area contributed by atoms with Crippen LogP contribution in [0.5, 0.6) is 0 Å². The molecule has 134 valence electrons. The van der Waals surface area contributed by atoms with E-state index in [4.69, 9.17) is 4.52 Å². The molecule has 3 N–H and O–H groups in total. The van der Waals surface area contributed by atoms with Gasteiger partial charge in [0.2, 0.25) is 0 Å². The maximum atomic E-state index is 12.2. The van der Waals surface area contributed by atoms with Crippen molar-refractivity contribution in [2.24, 2.45) is 0 Å². The molecule has 7 nitrogen and oxygen atoms in total. The lowest BCUT2D eigenvalue weighted by atomic mass is 10.1. The average molecular weight is 344 g/mol. The monoisotopic (exact) mass is 344 g/mol. The van der Waals surface area contributed by atoms with E-state index >= 15 is 0 Å². The summed E-state index contributed by atoms with van der Waals surface area (Å²) >= 11 is 0. The summed E-state index contributed by atoms with van der Waals surface area (Å²) in [5.74, 6) is 0.554. The molecule has 1 aromatic carbocycles. The minimum atomic E-state index is -0.277. The van der Waals surface area contributed by atoms with Crippen molar-refractivity contribution in [3.63, 3.8) is 0 Å². The molecule has 1 aliphatic rings. The van der Waals surface area contributed by atoms with Crippen molar-refractivity contribution >= 4 is 11.7 Å². The van der Waals surface area contributed by atoms with Crippen molar-refractivity contribution in [3.05, 3.63) is 36.0 Å². The zero-order valence-electron chi connectivity index (χ0n) is 14.4. The predicted molar refractivity (Wildman–Crippen MR) is 95.4 cm³/mol. The molecule has 7 heteroatoms. The summed E-state index contributed by atoms with van der Waals surface area (Å²) in [6.45, 7) is 4.85. The summed E-state index contributed by atoms with van der Waals surface area (Å²) in [7, 11) is 0. The fourth-order valence-corrected chi connectivity index (χ4v) is 2.93. The first-order chi connectivity index (χ1) is 12.1. The summed E-state index contributed by atoms with van der Waals surface area (Å²) in [6, 6.07) is 9.29. The molecular weight excluding hydrogens is 320 g/mol. The number of hydrogen-bond donors (Lipinski definition) is 3. The second-order valence-electron chi connectivity index (χ2n) is 6.29. The first-order valence-corrected chi connectivity index (χ1v) is 8.60. The average Bonchev–Trinajstić information content (AvgIpc) is 2.98. The van der Waals surface area contributed by atoms with Crippen LogP contribution < -0.4 is 10.6 Å². The third-order valence-corrected chi connectivity index (χ3v) is 4.41. The number of carbonyl (C=O) groups is 1. The summed E-state index contributed by atoms with van der Waals surface area (Å²) in [4.78, 5) is 14.4. The maximum absolute atomic E-state index is 12.2. The number of piperidine rings is 1. The van der Waals surface area contributed by atoms with Crippen molar-refractivity contribution < 1.29 is 14.4 Å². The highest BCUT2D eigenvalue weighted by Crippen LogP contribution is 2.30. The van der Waals surface area contributed by atoms with Gasteiger partial charge in [0.1, 0.15) is 11.4 Å². The number of aromatic nitrogens is 1. The number of nitrogens with zero attached hydrogens (tertiary/aromatic N) is 2. The van der Waals surface area contributed by atoms with Gasteiger partial charge in [0.05, 0.1) is 6.10 Å². The normalized spacial score (nSPS) is 15.9. The highest BCUT2D eigenvalue weighted by Gasteiger charge is 2.18. The maximum Gasteiger partial charge on any atom is 0.319 e. The molecule has 1 aliphatic heterocycles. The third-order valence-electron chi connectivity index (χ3n) is 4.41. The SMILES string of the molecule is Cc1noc(-c2ccccc2)c1NC(=O)NCCN1CCC(O)CC1. The van der Waals surface area contributed by atoms with Crippen molar-refractivity contribution in [1.82, 2.24) is 15.4 Å². The second kappa shape index (κ2) is 8.13. The van der Waals surface area contributed by atoms with E-state index in [0.717, 1.165) is 38.0 Å². The Morgan fingerprint density at radius 3 is 2.76 bits per heavy atom. The lowest BCUT2D eigenvalue weighted by Crippen LogP contribution is -2.41. The van der Waals surface area contributed by atoms with Crippen molar-refractivity contribution in [2.75, 3.05) is 31.5 Å². The van der Waals surface area contributed by atoms with E-state index in [-0.39, 0.29) is 12.1 Å². The number of hydrogen-bond acceptors (Lipinski definition) is 5. The van der Waals surface area contributed by atoms with Crippen LogP contribution >= 0.6 is 0 Å². The molecule has 0 unspecified atom stereocenters. The van der Waals surface area contributed by atoms with E-state index in [1.54, 1.807) is 6.92 Å². The fraction of sp³-hybridized carbons (Fsp3) is 0.444. The topological polar surface area (TPSA) is 90.6 Å². The number of amides is 2. The molecule has 0 spiro atoms. The van der Waals surface area contributed by atoms with E-state index in [9.17, 15) is 9.90 Å². The van der Waals surface area contributed by atoms with Crippen LogP contribution in [0, 0.1) is 6.92 Å². The molecule has 3 rings (SSSR count). The van der Waals surface area contributed by atoms with Crippen LogP contribution in [-0.4, -0.2) is 53.5 Å². The van der Waals surface area contributed by atoms with Gasteiger partial charge in [-0.1, -0.05) is 35.5 Å². The number of nitrogens with one attached hydrogen (secondary N) is 2. The molecule has 0 radical (unpaired) electrons. The van der Waals surface area contributed by atoms with Crippen LogP contribution in [0.4, 0.5) is 10.5 Å². The van der Waals surface area contributed by atoms with Crippen LogP contribution in [0.2, 0.25) is 0 Å². The third kappa shape index (κ3) is 4.58. The minimum absolute atomic E-state index is 0.180. The van der Waals surface area contributed by atoms with E-state index in [0.29, 0.717) is 23.7 Å². The van der Waals surface area contributed by atoms with E-state index in [2.05, 4.69) is 20.7 Å². The smallest absolute Gasteiger partial charge is 0.319 e. The van der Waals surface area contributed by atoms with Gasteiger partial charge in [-0.05, 0) is 19.8 Å². The number of benzene rings is 1. The summed E-state index contributed by atoms with van der Waals surface area (Å²) in [5, 5.41) is 19.2. The quantitative estimate of drug-likeness (QED) is 0.774. The molecule has 25 heavy (non-hydrogen) atoms. The summed E-state index contributed by atoms with van der Waals surface area (Å²) < 4.78 is 5.37. The van der Waals surface area contributed by atoms with Gasteiger partial charge in [-0.15, -0.1) is 0 Å². The Hall–Kier alpha value is -2.38. The molecule has 2 amide bonds. The second-order valence-corrected chi connectivity index (χ2v) is 6.29. The van der Waals surface area contributed by atoms with Gasteiger partial charge in [-0.25, -0.2) is 4.79 Å². The molecule has 0 bridgehead atoms. The van der Waals surface area contributed by atoms with E-state index in [1.807, 2.05) is 30.3 Å². The van der Waals surface area contributed by atoms with Gasteiger partial charge in [-0.3, -0.25) is 0 Å². The number of aryl methyl sites for hydroxylation is 1. The zero-order chi connectivity index (χ0) is 17.6. The highest BCUT2D eigenvalue weighted by atomic mass is 16.5. The Balaban J connectivity index is 1.52. The number of aliphatic hydroxyl groups is 1. The van der Waals surface area contributed by atoms with Gasteiger partial charge in [0, 0.05) is 31.7 Å². The molecule has 1 aromatic heterocycles. The Morgan fingerprint density at radius 1 is 1.32 bits per heavy atom. The molecule has 0 saturated carbocycles. The number of likely N-dealkylation sites (tertiary alicyclic amines) is 1. The van der Waals surface area contributed by atoms with E-state index in [1.165, 1.54) is 0 Å². The molecule has 2 aromatic rings. The predicted octanol–water partition coefficient (Wildman–Crippen LogP) is 2.23. The van der Waals surface area contributed by atoms with Crippen molar-refractivity contribution in [1.29, 1.82) is 0 Å². The van der Waals surface area contributed by atoms with Gasteiger partial charge < -0.3 is 25.2 Å². The van der Waals surface area contributed by atoms with Crippen LogP contribution in [0.15, 0.2) is 34.9 Å². The lowest BCUT2D eigenvalue weighted by molar-refractivity contribution is 0.0833. The Kier molecular flexibility index (Phi) is 5.67. The number of carbonyl (C=O) groups excluding carboxylic acids is 1. The first kappa shape index (κ1) is 17.4. The van der Waals surface area contributed by atoms with Crippen LogP contribution in [0.25, 0.3) is 11.3 Å². The fourth-order valence-electron chi connectivity index (χ4n) is 2.93. The Labute approximate surface area is 147 Å². The minimum Gasteiger partial charge on any atom is -0.393 e. The van der Waals surface area contributed by atoms with Crippen LogP contribution in [-0.2, 0) is 0 Å². The molecule has 1 saturated heterocycles.